The molecule has 5 rings (SSSR count). The number of hydrogen-bond acceptors (Lipinski definition) is 6. The zero-order chi connectivity index (χ0) is 21.0. The first-order chi connectivity index (χ1) is 14.5. The minimum atomic E-state index is -0.822. The molecule has 0 saturated carbocycles. The average Bonchev–Trinajstić information content (AvgIpc) is 3.27. The van der Waals surface area contributed by atoms with Crippen molar-refractivity contribution < 1.29 is 23.9 Å². The SMILES string of the molecule is COc1ccc(OC)c(C(=O)[C@@H]2[C@@H]3C(=O)NC(=O)[C@@H]3[C@@H]3c4ccccc4C=CN23)c1. The van der Waals surface area contributed by atoms with Gasteiger partial charge in [-0.05, 0) is 35.4 Å². The topological polar surface area (TPSA) is 84.9 Å². The van der Waals surface area contributed by atoms with Gasteiger partial charge < -0.3 is 14.4 Å². The summed E-state index contributed by atoms with van der Waals surface area (Å²) in [7, 11) is 3.01. The number of ketones is 1. The number of hydrogen-bond donors (Lipinski definition) is 1. The lowest BCUT2D eigenvalue weighted by Crippen LogP contribution is -2.43. The van der Waals surface area contributed by atoms with Crippen LogP contribution in [0.3, 0.4) is 0 Å². The predicted octanol–water partition coefficient (Wildman–Crippen LogP) is 2.19. The third kappa shape index (κ3) is 2.48. The van der Waals surface area contributed by atoms with Crippen molar-refractivity contribution in [3.05, 3.63) is 65.4 Å². The molecule has 0 radical (unpaired) electrons. The third-order valence-corrected chi connectivity index (χ3v) is 6.24. The number of nitrogens with one attached hydrogen (secondary N) is 1. The van der Waals surface area contributed by atoms with Gasteiger partial charge in [-0.15, -0.1) is 0 Å². The summed E-state index contributed by atoms with van der Waals surface area (Å²) in [6.45, 7) is 0. The van der Waals surface area contributed by atoms with Crippen LogP contribution in [0.5, 0.6) is 11.5 Å². The number of Topliss-reactive ketones (excluding diaryl/α,β-unsaturated/α-hetero) is 1. The van der Waals surface area contributed by atoms with Gasteiger partial charge in [0, 0.05) is 6.20 Å². The summed E-state index contributed by atoms with van der Waals surface area (Å²) >= 11 is 0. The zero-order valence-corrected chi connectivity index (χ0v) is 16.5. The van der Waals surface area contributed by atoms with Gasteiger partial charge in [0.25, 0.3) is 0 Å². The molecule has 2 aromatic rings. The second kappa shape index (κ2) is 6.73. The van der Waals surface area contributed by atoms with E-state index in [1.165, 1.54) is 14.2 Å². The highest BCUT2D eigenvalue weighted by molar-refractivity contribution is 6.12. The molecule has 2 fully saturated rings. The highest BCUT2D eigenvalue weighted by Gasteiger charge is 2.61. The molecule has 0 aromatic heterocycles. The molecule has 7 nitrogen and oxygen atoms in total. The van der Waals surface area contributed by atoms with E-state index in [0.717, 1.165) is 11.1 Å². The minimum Gasteiger partial charge on any atom is -0.497 e. The Morgan fingerprint density at radius 2 is 1.77 bits per heavy atom. The third-order valence-electron chi connectivity index (χ3n) is 6.24. The highest BCUT2D eigenvalue weighted by atomic mass is 16.5. The van der Waals surface area contributed by atoms with Gasteiger partial charge in [-0.2, -0.15) is 0 Å². The Bertz CT molecular complexity index is 1110. The van der Waals surface area contributed by atoms with Gasteiger partial charge in [-0.1, -0.05) is 24.3 Å². The number of fused-ring (bicyclic) bond motifs is 5. The fourth-order valence-corrected chi connectivity index (χ4v) is 4.94. The number of imide groups is 1. The van der Waals surface area contributed by atoms with Gasteiger partial charge in [-0.25, -0.2) is 0 Å². The van der Waals surface area contributed by atoms with Gasteiger partial charge in [0.1, 0.15) is 17.5 Å². The number of ether oxygens (including phenoxy) is 2. The van der Waals surface area contributed by atoms with E-state index >= 15 is 0 Å². The first-order valence-electron chi connectivity index (χ1n) is 9.70. The van der Waals surface area contributed by atoms with Crippen molar-refractivity contribution in [2.75, 3.05) is 14.2 Å². The Labute approximate surface area is 173 Å². The Kier molecular flexibility index (Phi) is 4.13. The van der Waals surface area contributed by atoms with Crippen LogP contribution < -0.4 is 14.8 Å². The van der Waals surface area contributed by atoms with E-state index in [4.69, 9.17) is 9.47 Å². The molecule has 2 saturated heterocycles. The van der Waals surface area contributed by atoms with Crippen molar-refractivity contribution in [2.45, 2.75) is 12.1 Å². The van der Waals surface area contributed by atoms with Crippen molar-refractivity contribution in [2.24, 2.45) is 11.8 Å². The summed E-state index contributed by atoms with van der Waals surface area (Å²) in [5.74, 6) is -1.53. The van der Waals surface area contributed by atoms with Crippen LogP contribution in [-0.4, -0.2) is 42.8 Å². The lowest BCUT2D eigenvalue weighted by atomic mass is 9.83. The molecule has 0 unspecified atom stereocenters. The summed E-state index contributed by atoms with van der Waals surface area (Å²) in [5, 5.41) is 2.43. The molecule has 0 bridgehead atoms. The molecule has 30 heavy (non-hydrogen) atoms. The number of amides is 2. The summed E-state index contributed by atoms with van der Waals surface area (Å²) in [4.78, 5) is 41.1. The van der Waals surface area contributed by atoms with E-state index < -0.39 is 23.8 Å². The lowest BCUT2D eigenvalue weighted by molar-refractivity contribution is -0.127. The van der Waals surface area contributed by atoms with Crippen molar-refractivity contribution in [1.82, 2.24) is 10.2 Å². The van der Waals surface area contributed by atoms with Crippen LogP contribution in [0.1, 0.15) is 27.5 Å². The van der Waals surface area contributed by atoms with Gasteiger partial charge >= 0.3 is 0 Å². The fraction of sp³-hybridized carbons (Fsp3) is 0.261. The Morgan fingerprint density at radius 3 is 2.53 bits per heavy atom. The average molecular weight is 404 g/mol. The molecular formula is C23H20N2O5. The van der Waals surface area contributed by atoms with Crippen LogP contribution in [0.25, 0.3) is 6.08 Å². The van der Waals surface area contributed by atoms with Crippen molar-refractivity contribution in [3.63, 3.8) is 0 Å². The summed E-state index contributed by atoms with van der Waals surface area (Å²) < 4.78 is 10.7. The largest absolute Gasteiger partial charge is 0.497 e. The molecule has 152 valence electrons. The highest BCUT2D eigenvalue weighted by Crippen LogP contribution is 2.51. The van der Waals surface area contributed by atoms with Crippen molar-refractivity contribution in [3.8, 4) is 11.5 Å². The molecule has 0 spiro atoms. The van der Waals surface area contributed by atoms with Gasteiger partial charge in [0.05, 0.1) is 37.7 Å². The second-order valence-corrected chi connectivity index (χ2v) is 7.62. The summed E-state index contributed by atoms with van der Waals surface area (Å²) in [6, 6.07) is 11.5. The number of carbonyl (C=O) groups excluding carboxylic acids is 3. The maximum atomic E-state index is 13.8. The normalized spacial score (nSPS) is 26.0. The minimum absolute atomic E-state index is 0.280. The molecule has 1 N–H and O–H groups in total. The lowest BCUT2D eigenvalue weighted by Gasteiger charge is -2.34. The van der Waals surface area contributed by atoms with E-state index in [-0.39, 0.29) is 17.7 Å². The number of rotatable bonds is 4. The standard InChI is InChI=1S/C23H20N2O5/c1-29-13-7-8-16(30-2)15(11-13)21(26)20-18-17(22(27)24-23(18)28)19-14-6-4-3-5-12(14)9-10-25(19)20/h3-11,17-20H,1-2H3,(H,24,27,28)/t17-,18+,19-,20-/m0/s1. The monoisotopic (exact) mass is 404 g/mol. The Hall–Kier alpha value is -3.61. The Morgan fingerprint density at radius 1 is 1.00 bits per heavy atom. The summed E-state index contributed by atoms with van der Waals surface area (Å²) in [5.41, 5.74) is 2.24. The zero-order valence-electron chi connectivity index (χ0n) is 16.5. The molecule has 3 aliphatic rings. The first-order valence-corrected chi connectivity index (χ1v) is 9.70. The quantitative estimate of drug-likeness (QED) is 0.621. The molecule has 3 aliphatic heterocycles. The fourth-order valence-electron chi connectivity index (χ4n) is 4.94. The molecule has 4 atom stereocenters. The second-order valence-electron chi connectivity index (χ2n) is 7.62. The van der Waals surface area contributed by atoms with Gasteiger partial charge in [0.2, 0.25) is 11.8 Å². The maximum absolute atomic E-state index is 13.8. The molecule has 3 heterocycles. The number of benzene rings is 2. The van der Waals surface area contributed by atoms with E-state index in [1.807, 2.05) is 41.4 Å². The first kappa shape index (κ1) is 18.4. The van der Waals surface area contributed by atoms with Crippen molar-refractivity contribution in [1.29, 1.82) is 0 Å². The predicted molar refractivity (Wildman–Crippen MR) is 108 cm³/mol. The van der Waals surface area contributed by atoms with E-state index in [1.54, 1.807) is 18.2 Å². The molecule has 2 aromatic carbocycles. The van der Waals surface area contributed by atoms with Crippen LogP contribution in [0, 0.1) is 11.8 Å². The van der Waals surface area contributed by atoms with Gasteiger partial charge in [-0.3, -0.25) is 19.7 Å². The molecule has 2 amide bonds. The number of nitrogens with zero attached hydrogens (tertiary/aromatic N) is 1. The molecule has 0 aliphatic carbocycles. The van der Waals surface area contributed by atoms with Crippen LogP contribution in [0.4, 0.5) is 0 Å². The van der Waals surface area contributed by atoms with Crippen molar-refractivity contribution >= 4 is 23.7 Å². The number of methoxy groups -OCH3 is 2. The summed E-state index contributed by atoms with van der Waals surface area (Å²) in [6.07, 6.45) is 3.74. The van der Waals surface area contributed by atoms with E-state index in [2.05, 4.69) is 5.32 Å². The smallest absolute Gasteiger partial charge is 0.233 e. The maximum Gasteiger partial charge on any atom is 0.233 e. The molecular weight excluding hydrogens is 384 g/mol. The number of carbonyl (C=O) groups is 3. The van der Waals surface area contributed by atoms with Crippen LogP contribution in [0.2, 0.25) is 0 Å². The van der Waals surface area contributed by atoms with E-state index in [9.17, 15) is 14.4 Å². The van der Waals surface area contributed by atoms with Gasteiger partial charge in [0.15, 0.2) is 5.78 Å². The van der Waals surface area contributed by atoms with Crippen LogP contribution in [-0.2, 0) is 9.59 Å². The van der Waals surface area contributed by atoms with Crippen LogP contribution >= 0.6 is 0 Å². The Balaban J connectivity index is 1.65. The molecule has 7 heteroatoms. The van der Waals surface area contributed by atoms with E-state index in [0.29, 0.717) is 17.1 Å². The van der Waals surface area contributed by atoms with Crippen LogP contribution in [0.15, 0.2) is 48.7 Å².